The molecule has 0 radical (unpaired) electrons. The van der Waals surface area contributed by atoms with Crippen LogP contribution in [-0.2, 0) is 13.0 Å². The summed E-state index contributed by atoms with van der Waals surface area (Å²) < 4.78 is 14.4. The summed E-state index contributed by atoms with van der Waals surface area (Å²) in [5, 5.41) is 3.34. The number of rotatable bonds is 5. The van der Waals surface area contributed by atoms with Gasteiger partial charge in [0.05, 0.1) is 0 Å². The number of nitrogens with one attached hydrogen (secondary N) is 1. The second-order valence-corrected chi connectivity index (χ2v) is 6.48. The average Bonchev–Trinajstić information content (AvgIpc) is 2.67. The Morgan fingerprint density at radius 1 is 1.28 bits per heavy atom. The zero-order chi connectivity index (χ0) is 13.0. The van der Waals surface area contributed by atoms with Gasteiger partial charge in [-0.1, -0.05) is 23.7 Å². The summed E-state index contributed by atoms with van der Waals surface area (Å²) in [5.41, 5.74) is 1.13. The second-order valence-electron chi connectivity index (χ2n) is 3.89. The van der Waals surface area contributed by atoms with Crippen LogP contribution in [0.2, 0.25) is 4.34 Å². The van der Waals surface area contributed by atoms with Gasteiger partial charge in [-0.2, -0.15) is 0 Å². The molecule has 2 aromatic rings. The summed E-state index contributed by atoms with van der Waals surface area (Å²) in [6, 6.07) is 8.64. The van der Waals surface area contributed by atoms with Crippen molar-refractivity contribution in [2.45, 2.75) is 13.0 Å². The third kappa shape index (κ3) is 4.05. The van der Waals surface area contributed by atoms with Crippen molar-refractivity contribution in [2.75, 3.05) is 6.54 Å². The maximum atomic E-state index is 12.7. The Morgan fingerprint density at radius 2 is 2.00 bits per heavy atom. The van der Waals surface area contributed by atoms with Gasteiger partial charge in [-0.25, -0.2) is 4.39 Å². The van der Waals surface area contributed by atoms with Crippen LogP contribution >= 0.6 is 38.9 Å². The van der Waals surface area contributed by atoms with E-state index in [-0.39, 0.29) is 5.82 Å². The molecule has 0 aliphatic rings. The highest BCUT2D eigenvalue weighted by Crippen LogP contribution is 2.31. The summed E-state index contributed by atoms with van der Waals surface area (Å²) in [6.07, 6.45) is 0.889. The minimum atomic E-state index is -0.190. The fraction of sp³-hybridized carbons (Fsp3) is 0.231. The summed E-state index contributed by atoms with van der Waals surface area (Å²) in [5.74, 6) is -0.190. The first kappa shape index (κ1) is 14.0. The molecule has 0 aliphatic carbocycles. The molecule has 2 rings (SSSR count). The van der Waals surface area contributed by atoms with E-state index in [1.807, 2.05) is 18.2 Å². The molecule has 18 heavy (non-hydrogen) atoms. The molecule has 1 N–H and O–H groups in total. The first-order chi connectivity index (χ1) is 8.65. The van der Waals surface area contributed by atoms with Crippen LogP contribution in [0.1, 0.15) is 10.4 Å². The number of hydrogen-bond donors (Lipinski definition) is 1. The van der Waals surface area contributed by atoms with Crippen LogP contribution in [0, 0.1) is 5.82 Å². The molecular weight excluding hydrogens is 337 g/mol. The molecule has 0 saturated heterocycles. The maximum absolute atomic E-state index is 12.7. The smallest absolute Gasteiger partial charge is 0.123 e. The zero-order valence-electron chi connectivity index (χ0n) is 9.55. The highest BCUT2D eigenvalue weighted by Gasteiger charge is 2.03. The summed E-state index contributed by atoms with van der Waals surface area (Å²) in [7, 11) is 0. The molecule has 1 aromatic heterocycles. The fourth-order valence-corrected chi connectivity index (χ4v) is 3.33. The molecule has 0 spiro atoms. The lowest BCUT2D eigenvalue weighted by molar-refractivity contribution is 0.626. The van der Waals surface area contributed by atoms with E-state index in [1.165, 1.54) is 17.0 Å². The second kappa shape index (κ2) is 6.66. The fourth-order valence-electron chi connectivity index (χ4n) is 1.57. The van der Waals surface area contributed by atoms with Gasteiger partial charge in [-0.05, 0) is 52.7 Å². The topological polar surface area (TPSA) is 12.0 Å². The largest absolute Gasteiger partial charge is 0.312 e. The molecule has 1 aromatic carbocycles. The van der Waals surface area contributed by atoms with Crippen LogP contribution in [0.15, 0.2) is 34.8 Å². The van der Waals surface area contributed by atoms with Gasteiger partial charge in [0.1, 0.15) is 10.2 Å². The monoisotopic (exact) mass is 347 g/mol. The van der Waals surface area contributed by atoms with Crippen LogP contribution in [0.5, 0.6) is 0 Å². The Bertz CT molecular complexity index is 493. The molecule has 0 fully saturated rings. The van der Waals surface area contributed by atoms with Crippen molar-refractivity contribution in [1.29, 1.82) is 0 Å². The lowest BCUT2D eigenvalue weighted by atomic mass is 10.1. The molecule has 0 saturated carbocycles. The average molecular weight is 349 g/mol. The lowest BCUT2D eigenvalue weighted by Crippen LogP contribution is -2.15. The molecule has 0 aliphatic heterocycles. The normalized spacial score (nSPS) is 10.8. The Kier molecular flexibility index (Phi) is 5.18. The van der Waals surface area contributed by atoms with Gasteiger partial charge in [0.25, 0.3) is 0 Å². The lowest BCUT2D eigenvalue weighted by Gasteiger charge is -2.03. The molecule has 1 heterocycles. The number of thiophene rings is 1. The van der Waals surface area contributed by atoms with Crippen molar-refractivity contribution >= 4 is 38.9 Å². The van der Waals surface area contributed by atoms with Crippen molar-refractivity contribution in [3.63, 3.8) is 0 Å². The molecule has 0 amide bonds. The van der Waals surface area contributed by atoms with Gasteiger partial charge in [0.15, 0.2) is 0 Å². The van der Waals surface area contributed by atoms with Gasteiger partial charge < -0.3 is 5.32 Å². The molecular formula is C13H12BrClFNS. The molecule has 96 valence electrons. The highest BCUT2D eigenvalue weighted by atomic mass is 79.9. The van der Waals surface area contributed by atoms with Gasteiger partial charge in [0.2, 0.25) is 0 Å². The molecule has 5 heteroatoms. The van der Waals surface area contributed by atoms with Crippen molar-refractivity contribution < 1.29 is 4.39 Å². The van der Waals surface area contributed by atoms with Crippen molar-refractivity contribution in [3.8, 4) is 0 Å². The van der Waals surface area contributed by atoms with E-state index in [2.05, 4.69) is 21.2 Å². The van der Waals surface area contributed by atoms with Gasteiger partial charge in [-0.3, -0.25) is 0 Å². The van der Waals surface area contributed by atoms with E-state index in [4.69, 9.17) is 11.6 Å². The maximum Gasteiger partial charge on any atom is 0.123 e. The minimum absolute atomic E-state index is 0.190. The van der Waals surface area contributed by atoms with E-state index >= 15 is 0 Å². The summed E-state index contributed by atoms with van der Waals surface area (Å²) in [4.78, 5) is 1.20. The molecule has 0 atom stereocenters. The van der Waals surface area contributed by atoms with Crippen molar-refractivity contribution in [2.24, 2.45) is 0 Å². The Balaban J connectivity index is 1.74. The molecule has 1 nitrogen and oxygen atoms in total. The number of benzene rings is 1. The number of hydrogen-bond acceptors (Lipinski definition) is 2. The van der Waals surface area contributed by atoms with E-state index in [1.54, 1.807) is 11.3 Å². The van der Waals surface area contributed by atoms with Gasteiger partial charge >= 0.3 is 0 Å². The van der Waals surface area contributed by atoms with E-state index in [0.717, 1.165) is 33.9 Å². The van der Waals surface area contributed by atoms with Crippen LogP contribution < -0.4 is 5.32 Å². The summed E-state index contributed by atoms with van der Waals surface area (Å²) in [6.45, 7) is 1.66. The SMILES string of the molecule is Fc1ccc(CCNCc2cc(Br)c(Cl)s2)cc1. The standard InChI is InChI=1S/C13H12BrClFNS/c14-12-7-11(18-13(12)15)8-17-6-5-9-1-3-10(16)4-2-9/h1-4,7,17H,5-6,8H2. The first-order valence-corrected chi connectivity index (χ1v) is 7.53. The highest BCUT2D eigenvalue weighted by molar-refractivity contribution is 9.10. The van der Waals surface area contributed by atoms with Crippen LogP contribution in [0.4, 0.5) is 4.39 Å². The third-order valence-corrected chi connectivity index (χ3v) is 4.97. The zero-order valence-corrected chi connectivity index (χ0v) is 12.7. The van der Waals surface area contributed by atoms with Gasteiger partial charge in [0, 0.05) is 15.9 Å². The Labute approximate surface area is 123 Å². The third-order valence-electron chi connectivity index (χ3n) is 2.50. The predicted molar refractivity (Wildman–Crippen MR) is 78.8 cm³/mol. The quantitative estimate of drug-likeness (QED) is 0.777. The van der Waals surface area contributed by atoms with E-state index in [9.17, 15) is 4.39 Å². The van der Waals surface area contributed by atoms with Crippen molar-refractivity contribution in [3.05, 3.63) is 55.4 Å². The summed E-state index contributed by atoms with van der Waals surface area (Å²) >= 11 is 10.9. The van der Waals surface area contributed by atoms with E-state index < -0.39 is 0 Å². The van der Waals surface area contributed by atoms with Crippen molar-refractivity contribution in [1.82, 2.24) is 5.32 Å². The van der Waals surface area contributed by atoms with Crippen LogP contribution in [-0.4, -0.2) is 6.54 Å². The van der Waals surface area contributed by atoms with Gasteiger partial charge in [-0.15, -0.1) is 11.3 Å². The van der Waals surface area contributed by atoms with Crippen LogP contribution in [0.3, 0.4) is 0 Å². The number of halogens is 3. The minimum Gasteiger partial charge on any atom is -0.312 e. The Hall–Kier alpha value is -0.420. The Morgan fingerprint density at radius 3 is 2.61 bits per heavy atom. The predicted octanol–water partition coefficient (Wildman–Crippen LogP) is 4.64. The first-order valence-electron chi connectivity index (χ1n) is 5.54. The molecule has 0 bridgehead atoms. The van der Waals surface area contributed by atoms with E-state index in [0.29, 0.717) is 0 Å². The van der Waals surface area contributed by atoms with Crippen LogP contribution in [0.25, 0.3) is 0 Å². The molecule has 0 unspecified atom stereocenters.